The van der Waals surface area contributed by atoms with E-state index in [-0.39, 0.29) is 17.4 Å². The molecule has 0 aromatic rings. The van der Waals surface area contributed by atoms with Gasteiger partial charge in [0, 0.05) is 19.6 Å². The van der Waals surface area contributed by atoms with Gasteiger partial charge in [-0.2, -0.15) is 0 Å². The molecule has 1 aliphatic rings. The lowest BCUT2D eigenvalue weighted by atomic mass is 10.1. The van der Waals surface area contributed by atoms with Gasteiger partial charge in [0.05, 0.1) is 5.75 Å². The van der Waals surface area contributed by atoms with Crippen LogP contribution < -0.4 is 5.32 Å². The van der Waals surface area contributed by atoms with E-state index in [1.54, 1.807) is 4.90 Å². The number of carbonyl (C=O) groups excluding carboxylic acids is 1. The third kappa shape index (κ3) is 5.82. The number of nitrogens with one attached hydrogen (secondary N) is 1. The molecule has 6 heteroatoms. The average Bonchev–Trinajstić information content (AvgIpc) is 2.35. The third-order valence-electron chi connectivity index (χ3n) is 3.07. The fourth-order valence-electron chi connectivity index (χ4n) is 2.02. The molecule has 1 saturated heterocycles. The maximum absolute atomic E-state index is 11.8. The Labute approximate surface area is 110 Å². The second-order valence-electron chi connectivity index (χ2n) is 4.78. The van der Waals surface area contributed by atoms with E-state index in [9.17, 15) is 13.2 Å². The van der Waals surface area contributed by atoms with Crippen LogP contribution in [0, 0.1) is 0 Å². The molecule has 0 aromatic heterocycles. The number of hydrogen-bond acceptors (Lipinski definition) is 4. The van der Waals surface area contributed by atoms with Gasteiger partial charge in [-0.3, -0.25) is 4.79 Å². The molecule has 1 fully saturated rings. The lowest BCUT2D eigenvalue weighted by Crippen LogP contribution is -2.40. The lowest BCUT2D eigenvalue weighted by molar-refractivity contribution is -0.129. The first-order chi connectivity index (χ1) is 8.55. The predicted octanol–water partition coefficient (Wildman–Crippen LogP) is 0.413. The van der Waals surface area contributed by atoms with Gasteiger partial charge in [-0.15, -0.1) is 0 Å². The van der Waals surface area contributed by atoms with Crippen molar-refractivity contribution in [3.63, 3.8) is 0 Å². The molecule has 0 radical (unpaired) electrons. The molecule has 5 nitrogen and oxygen atoms in total. The first kappa shape index (κ1) is 15.4. The second kappa shape index (κ2) is 7.74. The zero-order valence-corrected chi connectivity index (χ0v) is 12.0. The smallest absolute Gasteiger partial charge is 0.237 e. The van der Waals surface area contributed by atoms with E-state index in [2.05, 4.69) is 5.32 Å². The van der Waals surface area contributed by atoms with Crippen LogP contribution in [-0.2, 0) is 14.6 Å². The molecule has 1 N–H and O–H groups in total. The number of sulfone groups is 1. The Morgan fingerprint density at radius 1 is 1.17 bits per heavy atom. The number of rotatable bonds is 7. The highest BCUT2D eigenvalue weighted by atomic mass is 32.2. The molecule has 1 aliphatic heterocycles. The van der Waals surface area contributed by atoms with Crippen LogP contribution in [0.2, 0.25) is 0 Å². The molecule has 0 atom stereocenters. The van der Waals surface area contributed by atoms with Crippen molar-refractivity contribution in [1.29, 1.82) is 0 Å². The monoisotopic (exact) mass is 276 g/mol. The average molecular weight is 276 g/mol. The summed E-state index contributed by atoms with van der Waals surface area (Å²) in [6.45, 7) is 4.70. The molecule has 0 bridgehead atoms. The van der Waals surface area contributed by atoms with Crippen LogP contribution in [0.15, 0.2) is 0 Å². The molecule has 18 heavy (non-hydrogen) atoms. The summed E-state index contributed by atoms with van der Waals surface area (Å²) in [5.74, 6) is -0.516. The van der Waals surface area contributed by atoms with E-state index in [1.165, 1.54) is 0 Å². The third-order valence-corrected chi connectivity index (χ3v) is 4.58. The number of nitrogens with zero attached hydrogens (tertiary/aromatic N) is 1. The molecule has 106 valence electrons. The van der Waals surface area contributed by atoms with Gasteiger partial charge in [0.15, 0.2) is 9.84 Å². The Kier molecular flexibility index (Phi) is 6.63. The van der Waals surface area contributed by atoms with E-state index < -0.39 is 9.84 Å². The molecule has 0 unspecified atom stereocenters. The van der Waals surface area contributed by atoms with E-state index in [1.807, 2.05) is 6.92 Å². The van der Waals surface area contributed by atoms with Gasteiger partial charge in [-0.05, 0) is 32.2 Å². The molecule has 0 aliphatic carbocycles. The SMILES string of the molecule is CCCNCCS(=O)(=O)CC(=O)N1CCCCC1. The predicted molar refractivity (Wildman–Crippen MR) is 72.2 cm³/mol. The molecule has 0 aromatic carbocycles. The highest BCUT2D eigenvalue weighted by molar-refractivity contribution is 7.92. The molecule has 0 saturated carbocycles. The standard InChI is InChI=1S/C12H24N2O3S/c1-2-6-13-7-10-18(16,17)11-12(15)14-8-4-3-5-9-14/h13H,2-11H2,1H3. The van der Waals surface area contributed by atoms with Gasteiger partial charge in [-0.25, -0.2) is 8.42 Å². The molecule has 1 heterocycles. The Balaban J connectivity index is 2.32. The second-order valence-corrected chi connectivity index (χ2v) is 6.97. The summed E-state index contributed by atoms with van der Waals surface area (Å²) in [6.07, 6.45) is 4.10. The van der Waals surface area contributed by atoms with Gasteiger partial charge < -0.3 is 10.2 Å². The van der Waals surface area contributed by atoms with E-state index in [4.69, 9.17) is 0 Å². The summed E-state index contributed by atoms with van der Waals surface area (Å²) < 4.78 is 23.5. The van der Waals surface area contributed by atoms with Crippen LogP contribution in [-0.4, -0.2) is 56.9 Å². The van der Waals surface area contributed by atoms with Crippen molar-refractivity contribution in [3.05, 3.63) is 0 Å². The summed E-state index contributed by atoms with van der Waals surface area (Å²) in [5.41, 5.74) is 0. The highest BCUT2D eigenvalue weighted by Crippen LogP contribution is 2.09. The van der Waals surface area contributed by atoms with Crippen molar-refractivity contribution in [2.45, 2.75) is 32.6 Å². The van der Waals surface area contributed by atoms with Crippen LogP contribution in [0.5, 0.6) is 0 Å². The van der Waals surface area contributed by atoms with Crippen LogP contribution in [0.1, 0.15) is 32.6 Å². The molecular weight excluding hydrogens is 252 g/mol. The van der Waals surface area contributed by atoms with Crippen molar-refractivity contribution < 1.29 is 13.2 Å². The van der Waals surface area contributed by atoms with Crippen molar-refractivity contribution >= 4 is 15.7 Å². The summed E-state index contributed by atoms with van der Waals surface area (Å²) in [4.78, 5) is 13.5. The molecule has 1 rings (SSSR count). The number of amides is 1. The highest BCUT2D eigenvalue weighted by Gasteiger charge is 2.22. The van der Waals surface area contributed by atoms with E-state index >= 15 is 0 Å². The molecule has 1 amide bonds. The van der Waals surface area contributed by atoms with Gasteiger partial charge >= 0.3 is 0 Å². The number of carbonyl (C=O) groups is 1. The minimum absolute atomic E-state index is 0.0482. The zero-order valence-electron chi connectivity index (χ0n) is 11.2. The van der Waals surface area contributed by atoms with E-state index in [0.717, 1.165) is 32.2 Å². The van der Waals surface area contributed by atoms with Crippen molar-refractivity contribution in [1.82, 2.24) is 10.2 Å². The lowest BCUT2D eigenvalue weighted by Gasteiger charge is -2.26. The van der Waals surface area contributed by atoms with Gasteiger partial charge in [0.2, 0.25) is 5.91 Å². The zero-order chi connectivity index (χ0) is 13.4. The van der Waals surface area contributed by atoms with Crippen LogP contribution >= 0.6 is 0 Å². The fraction of sp³-hybridized carbons (Fsp3) is 0.917. The normalized spacial score (nSPS) is 16.8. The largest absolute Gasteiger partial charge is 0.342 e. The Morgan fingerprint density at radius 2 is 1.83 bits per heavy atom. The Hall–Kier alpha value is -0.620. The van der Waals surface area contributed by atoms with Gasteiger partial charge in [0.1, 0.15) is 5.75 Å². The summed E-state index contributed by atoms with van der Waals surface area (Å²) >= 11 is 0. The maximum Gasteiger partial charge on any atom is 0.237 e. The minimum atomic E-state index is -3.26. The first-order valence-electron chi connectivity index (χ1n) is 6.74. The number of hydrogen-bond donors (Lipinski definition) is 1. The summed E-state index contributed by atoms with van der Waals surface area (Å²) in [7, 11) is -3.26. The maximum atomic E-state index is 11.8. The summed E-state index contributed by atoms with van der Waals surface area (Å²) in [5, 5.41) is 3.04. The van der Waals surface area contributed by atoms with Crippen LogP contribution in [0.4, 0.5) is 0 Å². The quantitative estimate of drug-likeness (QED) is 0.684. The van der Waals surface area contributed by atoms with Crippen LogP contribution in [0.3, 0.4) is 0 Å². The van der Waals surface area contributed by atoms with Crippen molar-refractivity contribution in [3.8, 4) is 0 Å². The van der Waals surface area contributed by atoms with Crippen molar-refractivity contribution in [2.75, 3.05) is 37.7 Å². The van der Waals surface area contributed by atoms with Gasteiger partial charge in [0.25, 0.3) is 0 Å². The topological polar surface area (TPSA) is 66.5 Å². The Bertz CT molecular complexity index is 348. The number of piperidine rings is 1. The molecular formula is C12H24N2O3S. The van der Waals surface area contributed by atoms with E-state index in [0.29, 0.717) is 19.6 Å². The Morgan fingerprint density at radius 3 is 2.44 bits per heavy atom. The molecule has 0 spiro atoms. The fourth-order valence-corrected chi connectivity index (χ4v) is 3.18. The minimum Gasteiger partial charge on any atom is -0.342 e. The first-order valence-corrected chi connectivity index (χ1v) is 8.56. The van der Waals surface area contributed by atoms with Crippen LogP contribution in [0.25, 0.3) is 0 Å². The number of likely N-dealkylation sites (tertiary alicyclic amines) is 1. The summed E-state index contributed by atoms with van der Waals surface area (Å²) in [6, 6.07) is 0. The van der Waals surface area contributed by atoms with Gasteiger partial charge in [-0.1, -0.05) is 6.92 Å². The van der Waals surface area contributed by atoms with Crippen molar-refractivity contribution in [2.24, 2.45) is 0 Å².